The molecule has 0 aromatic heterocycles. The van der Waals surface area contributed by atoms with Gasteiger partial charge in [0.05, 0.1) is 6.10 Å². The van der Waals surface area contributed by atoms with Crippen molar-refractivity contribution in [1.82, 2.24) is 5.32 Å². The topological polar surface area (TPSA) is 58.6 Å². The number of ether oxygens (including phenoxy) is 1. The molecular weight excluding hydrogens is 194 g/mol. The molecule has 4 heteroatoms. The summed E-state index contributed by atoms with van der Waals surface area (Å²) in [6.45, 7) is 4.08. The smallest absolute Gasteiger partial charge is 0.220 e. The largest absolute Gasteiger partial charge is 0.393 e. The van der Waals surface area contributed by atoms with Gasteiger partial charge in [-0.2, -0.15) is 0 Å². The van der Waals surface area contributed by atoms with Crippen LogP contribution in [-0.2, 0) is 9.53 Å². The monoisotopic (exact) mass is 215 g/mol. The summed E-state index contributed by atoms with van der Waals surface area (Å²) in [6.07, 6.45) is 2.65. The summed E-state index contributed by atoms with van der Waals surface area (Å²) in [7, 11) is 0. The second-order valence-corrected chi connectivity index (χ2v) is 4.25. The summed E-state index contributed by atoms with van der Waals surface area (Å²) in [6, 6.07) is 0. The van der Waals surface area contributed by atoms with Gasteiger partial charge in [-0.1, -0.05) is 0 Å². The number of amides is 1. The molecule has 0 aliphatic carbocycles. The first-order chi connectivity index (χ1) is 7.18. The number of hydrogen-bond acceptors (Lipinski definition) is 3. The van der Waals surface area contributed by atoms with Crippen LogP contribution < -0.4 is 5.32 Å². The molecule has 88 valence electrons. The Kier molecular flexibility index (Phi) is 5.65. The van der Waals surface area contributed by atoms with Crippen LogP contribution in [0.4, 0.5) is 0 Å². The lowest BCUT2D eigenvalue weighted by Crippen LogP contribution is -2.32. The van der Waals surface area contributed by atoms with Crippen LogP contribution >= 0.6 is 0 Å². The zero-order chi connectivity index (χ0) is 11.1. The van der Waals surface area contributed by atoms with Crippen molar-refractivity contribution in [2.45, 2.75) is 38.7 Å². The third-order valence-electron chi connectivity index (χ3n) is 2.72. The van der Waals surface area contributed by atoms with Gasteiger partial charge in [-0.3, -0.25) is 4.79 Å². The first-order valence-corrected chi connectivity index (χ1v) is 5.71. The number of aliphatic hydroxyl groups is 1. The van der Waals surface area contributed by atoms with Crippen molar-refractivity contribution in [1.29, 1.82) is 0 Å². The highest BCUT2D eigenvalue weighted by molar-refractivity contribution is 5.75. The summed E-state index contributed by atoms with van der Waals surface area (Å²) < 4.78 is 5.24. The second kappa shape index (κ2) is 6.80. The van der Waals surface area contributed by atoms with Gasteiger partial charge < -0.3 is 15.2 Å². The van der Waals surface area contributed by atoms with Gasteiger partial charge in [0, 0.05) is 26.2 Å². The van der Waals surface area contributed by atoms with Gasteiger partial charge in [-0.25, -0.2) is 0 Å². The van der Waals surface area contributed by atoms with E-state index in [4.69, 9.17) is 9.84 Å². The third kappa shape index (κ3) is 5.74. The van der Waals surface area contributed by atoms with Crippen LogP contribution in [0.2, 0.25) is 0 Å². The zero-order valence-electron chi connectivity index (χ0n) is 9.37. The van der Waals surface area contributed by atoms with E-state index in [1.165, 1.54) is 0 Å². The summed E-state index contributed by atoms with van der Waals surface area (Å²) in [5, 5.41) is 11.9. The normalized spacial score (nSPS) is 19.9. The fourth-order valence-corrected chi connectivity index (χ4v) is 1.64. The average molecular weight is 215 g/mol. The minimum atomic E-state index is -0.390. The van der Waals surface area contributed by atoms with Gasteiger partial charge in [-0.15, -0.1) is 0 Å². The van der Waals surface area contributed by atoms with Crippen molar-refractivity contribution in [3.8, 4) is 0 Å². The van der Waals surface area contributed by atoms with E-state index in [0.29, 0.717) is 18.8 Å². The number of carbonyl (C=O) groups excluding carboxylic acids is 1. The summed E-state index contributed by atoms with van der Waals surface area (Å²) in [5.74, 6) is 0.608. The highest BCUT2D eigenvalue weighted by atomic mass is 16.5. The molecule has 0 aromatic rings. The molecule has 1 atom stereocenters. The van der Waals surface area contributed by atoms with E-state index in [0.717, 1.165) is 32.6 Å². The average Bonchev–Trinajstić information content (AvgIpc) is 2.25. The highest BCUT2D eigenvalue weighted by Gasteiger charge is 2.14. The van der Waals surface area contributed by atoms with Crippen molar-refractivity contribution in [2.24, 2.45) is 5.92 Å². The lowest BCUT2D eigenvalue weighted by Gasteiger charge is -2.22. The molecule has 1 saturated heterocycles. The van der Waals surface area contributed by atoms with E-state index in [-0.39, 0.29) is 12.0 Å². The third-order valence-corrected chi connectivity index (χ3v) is 2.72. The molecule has 0 aromatic carbocycles. The van der Waals surface area contributed by atoms with Crippen LogP contribution in [0, 0.1) is 5.92 Å². The summed E-state index contributed by atoms with van der Waals surface area (Å²) in [4.78, 5) is 11.3. The maximum atomic E-state index is 11.3. The molecule has 1 rings (SSSR count). The van der Waals surface area contributed by atoms with E-state index >= 15 is 0 Å². The Bertz CT molecular complexity index is 188. The van der Waals surface area contributed by atoms with Crippen LogP contribution in [0.15, 0.2) is 0 Å². The fraction of sp³-hybridized carbons (Fsp3) is 0.909. The predicted octanol–water partition coefficient (Wildman–Crippen LogP) is 0.690. The van der Waals surface area contributed by atoms with Gasteiger partial charge in [0.25, 0.3) is 0 Å². The number of nitrogens with one attached hydrogen (secondary N) is 1. The number of hydrogen-bond donors (Lipinski definition) is 2. The Hall–Kier alpha value is -0.610. The van der Waals surface area contributed by atoms with Crippen molar-refractivity contribution >= 4 is 5.91 Å². The van der Waals surface area contributed by atoms with Crippen molar-refractivity contribution < 1.29 is 14.6 Å². The van der Waals surface area contributed by atoms with Gasteiger partial charge in [0.2, 0.25) is 5.91 Å². The van der Waals surface area contributed by atoms with E-state index in [1.807, 2.05) is 0 Å². The lowest BCUT2D eigenvalue weighted by atomic mass is 10.0. The number of aliphatic hydroxyl groups excluding tert-OH is 1. The van der Waals surface area contributed by atoms with Gasteiger partial charge in [0.15, 0.2) is 0 Å². The molecule has 4 nitrogen and oxygen atoms in total. The molecule has 0 bridgehead atoms. The Morgan fingerprint density at radius 1 is 1.53 bits per heavy atom. The van der Waals surface area contributed by atoms with E-state index in [1.54, 1.807) is 6.92 Å². The number of carbonyl (C=O) groups is 1. The molecule has 0 saturated carbocycles. The van der Waals surface area contributed by atoms with E-state index in [2.05, 4.69) is 5.32 Å². The van der Waals surface area contributed by atoms with Crippen molar-refractivity contribution in [3.05, 3.63) is 0 Å². The molecule has 1 amide bonds. The maximum absolute atomic E-state index is 11.3. The molecule has 0 spiro atoms. The number of rotatable bonds is 5. The van der Waals surface area contributed by atoms with Crippen LogP contribution in [0.3, 0.4) is 0 Å². The van der Waals surface area contributed by atoms with Crippen LogP contribution in [0.25, 0.3) is 0 Å². The molecule has 2 N–H and O–H groups in total. The Morgan fingerprint density at radius 2 is 2.20 bits per heavy atom. The predicted molar refractivity (Wildman–Crippen MR) is 57.5 cm³/mol. The molecular formula is C11H21NO3. The van der Waals surface area contributed by atoms with E-state index in [9.17, 15) is 4.79 Å². The SMILES string of the molecule is CC(O)CCC(=O)NCC1CCOCC1. The summed E-state index contributed by atoms with van der Waals surface area (Å²) in [5.41, 5.74) is 0. The Balaban J connectivity index is 2.05. The Morgan fingerprint density at radius 3 is 2.80 bits per heavy atom. The fourth-order valence-electron chi connectivity index (χ4n) is 1.64. The lowest BCUT2D eigenvalue weighted by molar-refractivity contribution is -0.122. The van der Waals surface area contributed by atoms with Gasteiger partial charge in [0.1, 0.15) is 0 Å². The van der Waals surface area contributed by atoms with Crippen LogP contribution in [-0.4, -0.2) is 36.9 Å². The maximum Gasteiger partial charge on any atom is 0.220 e. The first kappa shape index (κ1) is 12.5. The van der Waals surface area contributed by atoms with Crippen LogP contribution in [0.1, 0.15) is 32.6 Å². The van der Waals surface area contributed by atoms with E-state index < -0.39 is 0 Å². The zero-order valence-corrected chi connectivity index (χ0v) is 9.37. The molecule has 15 heavy (non-hydrogen) atoms. The molecule has 1 unspecified atom stereocenters. The minimum absolute atomic E-state index is 0.0439. The first-order valence-electron chi connectivity index (χ1n) is 5.71. The summed E-state index contributed by atoms with van der Waals surface area (Å²) >= 11 is 0. The molecule has 1 aliphatic rings. The molecule has 1 fully saturated rings. The molecule has 1 heterocycles. The molecule has 0 radical (unpaired) electrons. The Labute approximate surface area is 91.0 Å². The molecule has 1 aliphatic heterocycles. The standard InChI is InChI=1S/C11H21NO3/c1-9(13)2-3-11(14)12-8-10-4-6-15-7-5-10/h9-10,13H,2-8H2,1H3,(H,12,14). The quantitative estimate of drug-likeness (QED) is 0.709. The van der Waals surface area contributed by atoms with Gasteiger partial charge >= 0.3 is 0 Å². The van der Waals surface area contributed by atoms with Gasteiger partial charge in [-0.05, 0) is 32.1 Å². The van der Waals surface area contributed by atoms with Crippen molar-refractivity contribution in [3.63, 3.8) is 0 Å². The van der Waals surface area contributed by atoms with Crippen LogP contribution in [0.5, 0.6) is 0 Å². The highest BCUT2D eigenvalue weighted by Crippen LogP contribution is 2.13. The van der Waals surface area contributed by atoms with Crippen molar-refractivity contribution in [2.75, 3.05) is 19.8 Å². The second-order valence-electron chi connectivity index (χ2n) is 4.25. The minimum Gasteiger partial charge on any atom is -0.393 e.